The van der Waals surface area contributed by atoms with Crippen LogP contribution < -0.4 is 5.14 Å². The average Bonchev–Trinajstić information content (AvgIpc) is 2.40. The van der Waals surface area contributed by atoms with Crippen LogP contribution in [0.1, 0.15) is 5.69 Å². The summed E-state index contributed by atoms with van der Waals surface area (Å²) in [6.07, 6.45) is 1.64. The maximum absolute atomic E-state index is 10.9. The van der Waals surface area contributed by atoms with Gasteiger partial charge in [-0.3, -0.25) is 0 Å². The molecule has 0 unspecified atom stereocenters. The Morgan fingerprint density at radius 1 is 1.57 bits per heavy atom. The topological polar surface area (TPSA) is 90.4 Å². The fourth-order valence-corrected chi connectivity index (χ4v) is 2.46. The molecule has 0 amide bonds. The molecular formula is C5H7BrN4O2S2. The Morgan fingerprint density at radius 3 is 2.71 bits per heavy atom. The number of aryl methyl sites for hydroxylation is 1. The molecule has 0 saturated heterocycles. The van der Waals surface area contributed by atoms with E-state index in [0.717, 1.165) is 17.0 Å². The van der Waals surface area contributed by atoms with E-state index in [2.05, 4.69) is 10.1 Å². The Morgan fingerprint density at radius 2 is 2.21 bits per heavy atom. The number of hydrogen-bond donors (Lipinski definition) is 1. The molecule has 0 fully saturated rings. The van der Waals surface area contributed by atoms with Crippen molar-refractivity contribution >= 4 is 43.3 Å². The first-order valence-corrected chi connectivity index (χ1v) is 5.69. The van der Waals surface area contributed by atoms with Gasteiger partial charge in [0.2, 0.25) is 9.30 Å². The Bertz CT molecular complexity index is 526. The normalized spacial score (nSPS) is 11.6. The molecule has 0 aliphatic heterocycles. The number of aromatic nitrogens is 3. The van der Waals surface area contributed by atoms with E-state index < -0.39 is 10.0 Å². The van der Waals surface area contributed by atoms with Gasteiger partial charge in [0.1, 0.15) is 0 Å². The summed E-state index contributed by atoms with van der Waals surface area (Å²) in [6, 6.07) is 0. The monoisotopic (exact) mass is 298 g/mol. The van der Waals surface area contributed by atoms with E-state index in [1.165, 1.54) is 4.52 Å². The standard InChI is InChI=1S/C5H6N4O2S2.BrH/c1-3-2-9-4(7-3)12-5(8-9)13(6,10)11;/h2H,1H3,(H2,6,10,11);1H. The lowest BCUT2D eigenvalue weighted by Gasteiger charge is -1.85. The molecule has 0 aromatic carbocycles. The molecule has 0 radical (unpaired) electrons. The highest BCUT2D eigenvalue weighted by atomic mass is 79.9. The number of fused-ring (bicyclic) bond motifs is 1. The van der Waals surface area contributed by atoms with Crippen LogP contribution in [0.4, 0.5) is 0 Å². The van der Waals surface area contributed by atoms with Gasteiger partial charge in [-0.25, -0.2) is 23.1 Å². The summed E-state index contributed by atoms with van der Waals surface area (Å²) in [5.74, 6) is 0. The van der Waals surface area contributed by atoms with E-state index in [1.807, 2.05) is 0 Å². The van der Waals surface area contributed by atoms with Crippen LogP contribution in [0.2, 0.25) is 0 Å². The minimum absolute atomic E-state index is 0. The smallest absolute Gasteiger partial charge is 0.223 e. The number of halogens is 1. The van der Waals surface area contributed by atoms with Crippen LogP contribution >= 0.6 is 28.3 Å². The van der Waals surface area contributed by atoms with Gasteiger partial charge in [-0.1, -0.05) is 11.3 Å². The lowest BCUT2D eigenvalue weighted by Crippen LogP contribution is -2.12. The zero-order valence-corrected chi connectivity index (χ0v) is 10.4. The van der Waals surface area contributed by atoms with Crippen LogP contribution in [-0.2, 0) is 10.0 Å². The molecule has 78 valence electrons. The predicted octanol–water partition coefficient (Wildman–Crippen LogP) is 0.325. The highest BCUT2D eigenvalue weighted by Crippen LogP contribution is 2.17. The van der Waals surface area contributed by atoms with Gasteiger partial charge in [0.15, 0.2) is 0 Å². The second-order valence-corrected chi connectivity index (χ2v) is 5.21. The SMILES string of the molecule is Br.Cc1cn2nc(S(N)(=O)=O)sc2n1. The van der Waals surface area contributed by atoms with Gasteiger partial charge in [-0.05, 0) is 6.92 Å². The van der Waals surface area contributed by atoms with Gasteiger partial charge < -0.3 is 0 Å². The molecule has 0 aliphatic carbocycles. The van der Waals surface area contributed by atoms with Crippen LogP contribution in [0.15, 0.2) is 10.5 Å². The molecule has 0 bridgehead atoms. The fraction of sp³-hybridized carbons (Fsp3) is 0.200. The third-order valence-electron chi connectivity index (χ3n) is 1.39. The van der Waals surface area contributed by atoms with E-state index in [4.69, 9.17) is 5.14 Å². The van der Waals surface area contributed by atoms with E-state index in [0.29, 0.717) is 4.96 Å². The summed E-state index contributed by atoms with van der Waals surface area (Å²) in [6.45, 7) is 1.80. The summed E-state index contributed by atoms with van der Waals surface area (Å²) >= 11 is 0.953. The lowest BCUT2D eigenvalue weighted by atomic mass is 10.6. The summed E-state index contributed by atoms with van der Waals surface area (Å²) in [5.41, 5.74) is 0.791. The first-order chi connectivity index (χ1) is 5.97. The molecule has 2 heterocycles. The molecule has 9 heteroatoms. The third kappa shape index (κ3) is 1.95. The molecule has 2 N–H and O–H groups in total. The van der Waals surface area contributed by atoms with Crippen molar-refractivity contribution in [2.75, 3.05) is 0 Å². The van der Waals surface area contributed by atoms with E-state index >= 15 is 0 Å². The van der Waals surface area contributed by atoms with E-state index in [-0.39, 0.29) is 21.3 Å². The van der Waals surface area contributed by atoms with Crippen molar-refractivity contribution < 1.29 is 8.42 Å². The number of rotatable bonds is 1. The van der Waals surface area contributed by atoms with Crippen LogP contribution in [0, 0.1) is 6.92 Å². The van der Waals surface area contributed by atoms with Gasteiger partial charge >= 0.3 is 0 Å². The van der Waals surface area contributed by atoms with Crippen molar-refractivity contribution in [2.24, 2.45) is 5.14 Å². The van der Waals surface area contributed by atoms with Gasteiger partial charge in [0.25, 0.3) is 10.0 Å². The van der Waals surface area contributed by atoms with Crippen molar-refractivity contribution in [1.29, 1.82) is 0 Å². The number of sulfonamides is 1. The number of hydrogen-bond acceptors (Lipinski definition) is 5. The molecule has 0 saturated carbocycles. The Hall–Kier alpha value is -0.510. The molecule has 0 aliphatic rings. The molecular weight excluding hydrogens is 292 g/mol. The average molecular weight is 299 g/mol. The van der Waals surface area contributed by atoms with Crippen molar-refractivity contribution in [3.63, 3.8) is 0 Å². The summed E-state index contributed by atoms with van der Waals surface area (Å²) < 4.78 is 23.0. The zero-order valence-electron chi connectivity index (χ0n) is 7.04. The second kappa shape index (κ2) is 3.57. The molecule has 0 spiro atoms. The van der Waals surface area contributed by atoms with Crippen molar-refractivity contribution in [2.45, 2.75) is 11.3 Å². The Labute approximate surface area is 94.6 Å². The maximum atomic E-state index is 10.9. The van der Waals surface area contributed by atoms with Crippen molar-refractivity contribution in [3.05, 3.63) is 11.9 Å². The third-order valence-corrected chi connectivity index (χ3v) is 3.62. The minimum Gasteiger partial charge on any atom is -0.223 e. The van der Waals surface area contributed by atoms with Crippen LogP contribution in [-0.4, -0.2) is 23.0 Å². The van der Waals surface area contributed by atoms with Gasteiger partial charge in [-0.15, -0.1) is 22.1 Å². The molecule has 2 rings (SSSR count). The largest absolute Gasteiger partial charge is 0.267 e. The highest BCUT2D eigenvalue weighted by Gasteiger charge is 2.15. The zero-order chi connectivity index (χ0) is 9.64. The van der Waals surface area contributed by atoms with E-state index in [1.54, 1.807) is 13.1 Å². The van der Waals surface area contributed by atoms with Gasteiger partial charge in [-0.2, -0.15) is 0 Å². The summed E-state index contributed by atoms with van der Waals surface area (Å²) in [4.78, 5) is 4.58. The van der Waals surface area contributed by atoms with Crippen molar-refractivity contribution in [1.82, 2.24) is 14.6 Å². The second-order valence-electron chi connectivity index (χ2n) is 2.52. The highest BCUT2D eigenvalue weighted by molar-refractivity contribution is 8.93. The van der Waals surface area contributed by atoms with Gasteiger partial charge in [0, 0.05) is 0 Å². The molecule has 0 atom stereocenters. The van der Waals surface area contributed by atoms with Gasteiger partial charge in [0.05, 0.1) is 11.9 Å². The summed E-state index contributed by atoms with van der Waals surface area (Å²) in [5, 5.41) is 8.66. The first kappa shape index (κ1) is 11.6. The quantitative estimate of drug-likeness (QED) is 0.821. The molecule has 6 nitrogen and oxygen atoms in total. The van der Waals surface area contributed by atoms with Crippen LogP contribution in [0.25, 0.3) is 4.96 Å². The van der Waals surface area contributed by atoms with E-state index in [9.17, 15) is 8.42 Å². The molecule has 14 heavy (non-hydrogen) atoms. The lowest BCUT2D eigenvalue weighted by molar-refractivity contribution is 0.595. The molecule has 2 aromatic rings. The number of primary sulfonamides is 1. The van der Waals surface area contributed by atoms with Crippen LogP contribution in [0.3, 0.4) is 0 Å². The number of nitrogens with two attached hydrogens (primary N) is 1. The maximum Gasteiger partial charge on any atom is 0.267 e. The molecule has 2 aromatic heterocycles. The minimum atomic E-state index is -3.70. The number of nitrogens with zero attached hydrogens (tertiary/aromatic N) is 3. The first-order valence-electron chi connectivity index (χ1n) is 3.32. The number of imidazole rings is 1. The predicted molar refractivity (Wildman–Crippen MR) is 57.3 cm³/mol. The van der Waals surface area contributed by atoms with Crippen LogP contribution in [0.5, 0.6) is 0 Å². The Balaban J connectivity index is 0.000000980. The summed E-state index contributed by atoms with van der Waals surface area (Å²) in [7, 11) is -3.70. The van der Waals surface area contributed by atoms with Crippen molar-refractivity contribution in [3.8, 4) is 0 Å². The fourth-order valence-electron chi connectivity index (χ4n) is 0.906. The Kier molecular flexibility index (Phi) is 2.95.